The Balaban J connectivity index is 2.69. The maximum Gasteiger partial charge on any atom is 0.336 e. The van der Waals surface area contributed by atoms with Crippen LogP contribution in [0.2, 0.25) is 0 Å². The van der Waals surface area contributed by atoms with Gasteiger partial charge in [-0.2, -0.15) is 0 Å². The lowest BCUT2D eigenvalue weighted by molar-refractivity contribution is -0.209. The minimum Gasteiger partial charge on any atom is -0.455 e. The topological polar surface area (TPSA) is 63.2 Å². The van der Waals surface area contributed by atoms with E-state index in [4.69, 9.17) is 23.5 Å². The van der Waals surface area contributed by atoms with E-state index in [9.17, 15) is 4.79 Å². The van der Waals surface area contributed by atoms with Gasteiger partial charge in [-0.15, -0.1) is 0 Å². The van der Waals surface area contributed by atoms with Crippen LogP contribution < -0.4 is 0 Å². The summed E-state index contributed by atoms with van der Waals surface area (Å²) >= 11 is 0. The van der Waals surface area contributed by atoms with Crippen LogP contribution in [0.3, 0.4) is 0 Å². The molecular weight excluding hydrogens is 286 g/mol. The fourth-order valence-corrected chi connectivity index (χ4v) is 2.43. The lowest BCUT2D eigenvalue weighted by atomic mass is 9.98. The summed E-state index contributed by atoms with van der Waals surface area (Å²) in [5.41, 5.74) is 0. The Morgan fingerprint density at radius 3 is 2.32 bits per heavy atom. The van der Waals surface area contributed by atoms with Gasteiger partial charge in [-0.3, -0.25) is 0 Å². The monoisotopic (exact) mass is 314 g/mol. The van der Waals surface area contributed by atoms with Crippen LogP contribution >= 0.6 is 0 Å². The molecule has 0 N–H and O–H groups in total. The number of ether oxygens (including phenoxy) is 3. The molecule has 1 heterocycles. The van der Waals surface area contributed by atoms with E-state index in [2.05, 4.69) is 13.8 Å². The van der Waals surface area contributed by atoms with Gasteiger partial charge < -0.3 is 23.5 Å². The van der Waals surface area contributed by atoms with Crippen molar-refractivity contribution in [2.24, 2.45) is 0 Å². The second-order valence-corrected chi connectivity index (χ2v) is 5.45. The van der Waals surface area contributed by atoms with Gasteiger partial charge in [-0.05, 0) is 12.8 Å². The summed E-state index contributed by atoms with van der Waals surface area (Å²) in [6, 6.07) is 0. The molecule has 0 unspecified atom stereocenters. The molecule has 1 fully saturated rings. The Hall–Kier alpha value is -0.560. The van der Waals surface area contributed by atoms with Gasteiger partial charge in [0, 0.05) is 13.2 Å². The Kier molecular flexibility index (Phi) is 9.79. The highest BCUT2D eigenvalue weighted by atomic mass is 16.6. The Morgan fingerprint density at radius 2 is 1.73 bits per heavy atom. The van der Waals surface area contributed by atoms with Crippen molar-refractivity contribution in [3.63, 3.8) is 0 Å². The standard InChI is InChI=1S/C14H28B2O6/c1-3-5-7-18-9-10-11(19-8-6-4-2)12(21-15)13(22-16)14(17)20-10/h10-13H,3-9,15-16H2,1-2H3/t10-,11-,12+,13-/m1/s1. The number of carbonyl (C=O) groups is 1. The largest absolute Gasteiger partial charge is 0.455 e. The first-order valence-corrected chi connectivity index (χ1v) is 8.14. The quantitative estimate of drug-likeness (QED) is 0.298. The third kappa shape index (κ3) is 5.57. The molecule has 0 amide bonds. The predicted octanol–water partition coefficient (Wildman–Crippen LogP) is -0.220. The van der Waals surface area contributed by atoms with Crippen LogP contribution in [0.25, 0.3) is 0 Å². The third-order valence-corrected chi connectivity index (χ3v) is 3.75. The van der Waals surface area contributed by atoms with E-state index >= 15 is 0 Å². The first-order valence-electron chi connectivity index (χ1n) is 8.14. The Bertz CT molecular complexity index is 318. The normalized spacial score (nSPS) is 28.5. The van der Waals surface area contributed by atoms with Crippen molar-refractivity contribution in [2.75, 3.05) is 19.8 Å². The lowest BCUT2D eigenvalue weighted by Crippen LogP contribution is -2.59. The molecule has 1 aliphatic heterocycles. The van der Waals surface area contributed by atoms with Crippen LogP contribution in [0.15, 0.2) is 0 Å². The van der Waals surface area contributed by atoms with E-state index in [1.807, 2.05) is 0 Å². The van der Waals surface area contributed by atoms with E-state index in [1.165, 1.54) is 8.05 Å². The maximum absolute atomic E-state index is 12.0. The van der Waals surface area contributed by atoms with Gasteiger partial charge in [0.15, 0.2) is 12.2 Å². The summed E-state index contributed by atoms with van der Waals surface area (Å²) in [4.78, 5) is 12.0. The summed E-state index contributed by atoms with van der Waals surface area (Å²) in [7, 11) is 3.03. The van der Waals surface area contributed by atoms with Crippen LogP contribution in [-0.2, 0) is 28.3 Å². The summed E-state index contributed by atoms with van der Waals surface area (Å²) in [6.07, 6.45) is 1.95. The van der Waals surface area contributed by atoms with Crippen molar-refractivity contribution in [1.82, 2.24) is 0 Å². The van der Waals surface area contributed by atoms with Gasteiger partial charge in [-0.1, -0.05) is 26.7 Å². The molecule has 22 heavy (non-hydrogen) atoms. The molecular formula is C14H28B2O6. The molecule has 8 heteroatoms. The summed E-state index contributed by atoms with van der Waals surface area (Å²) in [5.74, 6) is -0.422. The van der Waals surface area contributed by atoms with Gasteiger partial charge in [0.25, 0.3) is 16.1 Å². The number of hydrogen-bond donors (Lipinski definition) is 0. The number of cyclic esters (lactones) is 1. The average molecular weight is 314 g/mol. The average Bonchev–Trinajstić information content (AvgIpc) is 2.52. The molecule has 0 aromatic carbocycles. The van der Waals surface area contributed by atoms with Crippen molar-refractivity contribution in [3.05, 3.63) is 0 Å². The summed E-state index contributed by atoms with van der Waals surface area (Å²) < 4.78 is 27.6. The van der Waals surface area contributed by atoms with Gasteiger partial charge in [0.1, 0.15) is 12.2 Å². The first-order chi connectivity index (χ1) is 10.7. The highest BCUT2D eigenvalue weighted by Crippen LogP contribution is 2.24. The molecule has 0 aliphatic carbocycles. The molecule has 0 bridgehead atoms. The third-order valence-electron chi connectivity index (χ3n) is 3.75. The van der Waals surface area contributed by atoms with Crippen molar-refractivity contribution in [1.29, 1.82) is 0 Å². The summed E-state index contributed by atoms with van der Waals surface area (Å²) in [6.45, 7) is 5.77. The van der Waals surface area contributed by atoms with Crippen LogP contribution in [0.4, 0.5) is 0 Å². The minimum atomic E-state index is -0.761. The van der Waals surface area contributed by atoms with Gasteiger partial charge in [-0.25, -0.2) is 4.79 Å². The number of rotatable bonds is 11. The highest BCUT2D eigenvalue weighted by Gasteiger charge is 2.46. The molecule has 4 atom stereocenters. The van der Waals surface area contributed by atoms with E-state index in [1.54, 1.807) is 8.05 Å². The van der Waals surface area contributed by atoms with Gasteiger partial charge in [0.2, 0.25) is 0 Å². The van der Waals surface area contributed by atoms with Crippen LogP contribution in [0.5, 0.6) is 0 Å². The SMILES string of the molecule is BO[C@H]1[C@H](OCCCC)[C@@H](COCCCC)OC(=O)[C@@H]1OB. The fourth-order valence-electron chi connectivity index (χ4n) is 2.43. The number of esters is 1. The highest BCUT2D eigenvalue weighted by molar-refractivity contribution is 6.00. The van der Waals surface area contributed by atoms with E-state index in [0.717, 1.165) is 25.7 Å². The molecule has 1 rings (SSSR count). The molecule has 1 aliphatic rings. The van der Waals surface area contributed by atoms with E-state index in [0.29, 0.717) is 19.8 Å². The molecule has 0 aromatic rings. The smallest absolute Gasteiger partial charge is 0.336 e. The van der Waals surface area contributed by atoms with Crippen molar-refractivity contribution >= 4 is 22.1 Å². The molecule has 0 spiro atoms. The maximum atomic E-state index is 12.0. The van der Waals surface area contributed by atoms with Crippen molar-refractivity contribution in [3.8, 4) is 0 Å². The number of unbranched alkanes of at least 4 members (excludes halogenated alkanes) is 2. The fraction of sp³-hybridized carbons (Fsp3) is 0.929. The molecule has 0 radical (unpaired) electrons. The predicted molar refractivity (Wildman–Crippen MR) is 87.1 cm³/mol. The minimum absolute atomic E-state index is 0.318. The van der Waals surface area contributed by atoms with Gasteiger partial charge >= 0.3 is 5.97 Å². The van der Waals surface area contributed by atoms with Gasteiger partial charge in [0.05, 0.1) is 6.61 Å². The molecule has 0 aromatic heterocycles. The molecule has 126 valence electrons. The zero-order valence-electron chi connectivity index (χ0n) is 14.2. The van der Waals surface area contributed by atoms with Crippen LogP contribution in [0, 0.1) is 0 Å². The van der Waals surface area contributed by atoms with Crippen LogP contribution in [-0.4, -0.2) is 66.3 Å². The summed E-state index contributed by atoms with van der Waals surface area (Å²) in [5, 5.41) is 0. The molecule has 1 saturated heterocycles. The molecule has 0 saturated carbocycles. The van der Waals surface area contributed by atoms with Crippen molar-refractivity contribution < 1.29 is 28.3 Å². The molecule has 6 nitrogen and oxygen atoms in total. The zero-order chi connectivity index (χ0) is 16.4. The zero-order valence-corrected chi connectivity index (χ0v) is 14.2. The second-order valence-electron chi connectivity index (χ2n) is 5.45. The second kappa shape index (κ2) is 11.0. The Labute approximate surface area is 135 Å². The van der Waals surface area contributed by atoms with Crippen molar-refractivity contribution in [2.45, 2.75) is 63.9 Å². The number of hydrogen-bond acceptors (Lipinski definition) is 6. The Morgan fingerprint density at radius 1 is 1.05 bits per heavy atom. The van der Waals surface area contributed by atoms with E-state index in [-0.39, 0.29) is 6.10 Å². The first kappa shape index (κ1) is 19.5. The van der Waals surface area contributed by atoms with Crippen LogP contribution in [0.1, 0.15) is 39.5 Å². The lowest BCUT2D eigenvalue weighted by Gasteiger charge is -2.40. The number of carbonyl (C=O) groups excluding carboxylic acids is 1. The van der Waals surface area contributed by atoms with E-state index < -0.39 is 24.3 Å².